The number of carbonyl (C=O) groups excluding carboxylic acids is 1. The molecule has 9 nitrogen and oxygen atoms in total. The third-order valence-corrected chi connectivity index (χ3v) is 5.37. The highest BCUT2D eigenvalue weighted by Crippen LogP contribution is 2.32. The number of amides is 2. The number of hydrogen-bond acceptors (Lipinski definition) is 6. The summed E-state index contributed by atoms with van der Waals surface area (Å²) < 4.78 is 14.9. The molecule has 0 radical (unpaired) electrons. The van der Waals surface area contributed by atoms with Gasteiger partial charge >= 0.3 is 6.03 Å². The first kappa shape index (κ1) is 19.9. The monoisotopic (exact) mass is 433 g/mol. The number of carbonyl (C=O) groups is 1. The Morgan fingerprint density at radius 1 is 1.22 bits per heavy atom. The minimum absolute atomic E-state index is 0.193. The van der Waals surface area contributed by atoms with Crippen molar-refractivity contribution >= 4 is 23.3 Å². The standard InChI is InChI=1S/C22H20FN7O2/c1-13-18(10-16(11-25-13)15-4-7-20-27-21(24)28-29(20)12-15)26-22(31)30-19(8-9-32-30)14-2-5-17(23)6-3-14/h2-7,10-12,19H,8-9H2,1H3,(H2,24,28)(H,26,31). The third kappa shape index (κ3) is 3.71. The smallest absolute Gasteiger partial charge is 0.346 e. The number of fused-ring (bicyclic) bond motifs is 1. The van der Waals surface area contributed by atoms with Crippen molar-refractivity contribution in [2.24, 2.45) is 0 Å². The molecule has 3 aromatic heterocycles. The second-order valence-corrected chi connectivity index (χ2v) is 7.49. The highest BCUT2D eigenvalue weighted by Gasteiger charge is 2.32. The summed E-state index contributed by atoms with van der Waals surface area (Å²) in [7, 11) is 0. The number of aromatic nitrogens is 4. The topological polar surface area (TPSA) is 111 Å². The number of pyridine rings is 2. The van der Waals surface area contributed by atoms with Crippen molar-refractivity contribution in [2.45, 2.75) is 19.4 Å². The van der Waals surface area contributed by atoms with Gasteiger partial charge in [-0.2, -0.15) is 10.0 Å². The second-order valence-electron chi connectivity index (χ2n) is 7.49. The van der Waals surface area contributed by atoms with Crippen LogP contribution in [-0.2, 0) is 4.84 Å². The van der Waals surface area contributed by atoms with E-state index in [-0.39, 0.29) is 17.8 Å². The van der Waals surface area contributed by atoms with Gasteiger partial charge in [-0.15, -0.1) is 5.10 Å². The van der Waals surface area contributed by atoms with E-state index in [9.17, 15) is 9.18 Å². The fourth-order valence-electron chi connectivity index (χ4n) is 3.72. The Bertz CT molecular complexity index is 1310. The largest absolute Gasteiger partial charge is 0.366 e. The van der Waals surface area contributed by atoms with Crippen molar-refractivity contribution in [3.8, 4) is 11.1 Å². The predicted molar refractivity (Wildman–Crippen MR) is 116 cm³/mol. The van der Waals surface area contributed by atoms with Crippen LogP contribution in [0, 0.1) is 12.7 Å². The first-order valence-electron chi connectivity index (χ1n) is 10.1. The summed E-state index contributed by atoms with van der Waals surface area (Å²) >= 11 is 0. The molecule has 10 heteroatoms. The van der Waals surface area contributed by atoms with Gasteiger partial charge in [0.1, 0.15) is 5.82 Å². The normalized spacial score (nSPS) is 15.9. The number of halogens is 1. The maximum atomic E-state index is 13.3. The summed E-state index contributed by atoms with van der Waals surface area (Å²) in [5.41, 5.74) is 9.95. The van der Waals surface area contributed by atoms with Crippen LogP contribution in [0.3, 0.4) is 0 Å². The zero-order valence-corrected chi connectivity index (χ0v) is 17.2. The summed E-state index contributed by atoms with van der Waals surface area (Å²) in [6.45, 7) is 2.21. The molecule has 2 amide bonds. The number of aryl methyl sites for hydroxylation is 1. The van der Waals surface area contributed by atoms with E-state index in [1.807, 2.05) is 25.1 Å². The van der Waals surface area contributed by atoms with Crippen LogP contribution in [-0.4, -0.2) is 37.3 Å². The number of benzene rings is 1. The van der Waals surface area contributed by atoms with E-state index in [2.05, 4.69) is 20.4 Å². The molecule has 4 heterocycles. The summed E-state index contributed by atoms with van der Waals surface area (Å²) in [4.78, 5) is 27.1. The maximum absolute atomic E-state index is 13.3. The van der Waals surface area contributed by atoms with E-state index in [0.29, 0.717) is 30.1 Å². The number of urea groups is 1. The Balaban J connectivity index is 1.39. The van der Waals surface area contributed by atoms with Crippen molar-refractivity contribution < 1.29 is 14.0 Å². The molecule has 1 aliphatic heterocycles. The zero-order valence-electron chi connectivity index (χ0n) is 17.2. The average molecular weight is 433 g/mol. The quantitative estimate of drug-likeness (QED) is 0.509. The van der Waals surface area contributed by atoms with Crippen LogP contribution in [0.15, 0.2) is 54.9 Å². The third-order valence-electron chi connectivity index (χ3n) is 5.37. The fraction of sp³-hybridized carbons (Fsp3) is 0.182. The number of anilines is 2. The Kier molecular flexibility index (Phi) is 4.91. The van der Waals surface area contributed by atoms with Crippen LogP contribution in [0.4, 0.5) is 20.8 Å². The van der Waals surface area contributed by atoms with Gasteiger partial charge in [-0.25, -0.2) is 13.7 Å². The van der Waals surface area contributed by atoms with E-state index in [0.717, 1.165) is 16.7 Å². The molecular weight excluding hydrogens is 413 g/mol. The number of nitrogens with two attached hydrogens (primary N) is 1. The van der Waals surface area contributed by atoms with Gasteiger partial charge in [0.05, 0.1) is 24.0 Å². The molecule has 4 aromatic rings. The summed E-state index contributed by atoms with van der Waals surface area (Å²) in [5, 5.41) is 8.31. The molecule has 0 saturated carbocycles. The van der Waals surface area contributed by atoms with Gasteiger partial charge in [0, 0.05) is 29.9 Å². The lowest BCUT2D eigenvalue weighted by Crippen LogP contribution is -2.33. The highest BCUT2D eigenvalue weighted by molar-refractivity contribution is 5.90. The van der Waals surface area contributed by atoms with Crippen LogP contribution in [0.2, 0.25) is 0 Å². The van der Waals surface area contributed by atoms with Crippen molar-refractivity contribution in [1.82, 2.24) is 24.6 Å². The molecule has 1 saturated heterocycles. The molecule has 1 aromatic carbocycles. The minimum atomic E-state index is -0.418. The molecule has 32 heavy (non-hydrogen) atoms. The van der Waals surface area contributed by atoms with Crippen LogP contribution in [0.25, 0.3) is 16.8 Å². The number of rotatable bonds is 3. The maximum Gasteiger partial charge on any atom is 0.346 e. The van der Waals surface area contributed by atoms with Crippen molar-refractivity contribution in [3.63, 3.8) is 0 Å². The van der Waals surface area contributed by atoms with Gasteiger partial charge in [-0.1, -0.05) is 12.1 Å². The molecule has 0 bridgehead atoms. The number of nitrogen functional groups attached to an aromatic ring is 1. The van der Waals surface area contributed by atoms with Gasteiger partial charge < -0.3 is 11.1 Å². The summed E-state index contributed by atoms with van der Waals surface area (Å²) in [6.07, 6.45) is 4.14. The van der Waals surface area contributed by atoms with Gasteiger partial charge in [-0.3, -0.25) is 9.82 Å². The van der Waals surface area contributed by atoms with E-state index >= 15 is 0 Å². The lowest BCUT2D eigenvalue weighted by molar-refractivity contribution is -0.0830. The lowest BCUT2D eigenvalue weighted by atomic mass is 10.0. The molecule has 162 valence electrons. The molecule has 1 unspecified atom stereocenters. The Hall–Kier alpha value is -4.05. The Labute approximate surface area is 182 Å². The second kappa shape index (κ2) is 7.89. The van der Waals surface area contributed by atoms with E-state index < -0.39 is 6.03 Å². The number of hydroxylamine groups is 2. The SMILES string of the molecule is Cc1ncc(-c2ccc3nc(N)nn3c2)cc1NC(=O)N1OCCC1c1ccc(F)cc1. The van der Waals surface area contributed by atoms with E-state index in [4.69, 9.17) is 10.6 Å². The van der Waals surface area contributed by atoms with Crippen LogP contribution in [0.1, 0.15) is 23.7 Å². The van der Waals surface area contributed by atoms with Crippen LogP contribution in [0.5, 0.6) is 0 Å². The molecule has 1 aliphatic rings. The van der Waals surface area contributed by atoms with Gasteiger partial charge in [-0.05, 0) is 42.8 Å². The Morgan fingerprint density at radius 3 is 2.84 bits per heavy atom. The molecule has 5 rings (SSSR count). The summed E-state index contributed by atoms with van der Waals surface area (Å²) in [5.74, 6) is -0.132. The van der Waals surface area contributed by atoms with Crippen LogP contribution >= 0.6 is 0 Å². The number of nitrogens with zero attached hydrogens (tertiary/aromatic N) is 5. The summed E-state index contributed by atoms with van der Waals surface area (Å²) in [6, 6.07) is 10.9. The Morgan fingerprint density at radius 2 is 2.03 bits per heavy atom. The fourth-order valence-corrected chi connectivity index (χ4v) is 3.72. The predicted octanol–water partition coefficient (Wildman–Crippen LogP) is 3.73. The van der Waals surface area contributed by atoms with Crippen molar-refractivity contribution in [1.29, 1.82) is 0 Å². The minimum Gasteiger partial charge on any atom is -0.366 e. The molecule has 0 spiro atoms. The molecule has 1 fully saturated rings. The van der Waals surface area contributed by atoms with E-state index in [1.165, 1.54) is 17.2 Å². The molecule has 0 aliphatic carbocycles. The number of nitrogens with one attached hydrogen (secondary N) is 1. The zero-order chi connectivity index (χ0) is 22.2. The first-order valence-corrected chi connectivity index (χ1v) is 10.1. The van der Waals surface area contributed by atoms with Crippen molar-refractivity contribution in [3.05, 3.63) is 71.9 Å². The van der Waals surface area contributed by atoms with Gasteiger partial charge in [0.2, 0.25) is 5.95 Å². The van der Waals surface area contributed by atoms with E-state index in [1.54, 1.807) is 29.0 Å². The molecular formula is C22H20FN7O2. The highest BCUT2D eigenvalue weighted by atomic mass is 19.1. The molecule has 3 N–H and O–H groups in total. The van der Waals surface area contributed by atoms with Gasteiger partial charge in [0.15, 0.2) is 5.65 Å². The lowest BCUT2D eigenvalue weighted by Gasteiger charge is -2.23. The van der Waals surface area contributed by atoms with Gasteiger partial charge in [0.25, 0.3) is 0 Å². The average Bonchev–Trinajstić information content (AvgIpc) is 3.41. The first-order chi connectivity index (χ1) is 15.5. The number of hydrogen-bond donors (Lipinski definition) is 2. The van der Waals surface area contributed by atoms with Crippen molar-refractivity contribution in [2.75, 3.05) is 17.7 Å². The van der Waals surface area contributed by atoms with Crippen LogP contribution < -0.4 is 11.1 Å². The molecule has 1 atom stereocenters.